The quantitative estimate of drug-likeness (QED) is 0.733. The fourth-order valence-corrected chi connectivity index (χ4v) is 1.81. The first-order chi connectivity index (χ1) is 6.24. The molecule has 0 aliphatic rings. The Morgan fingerprint density at radius 2 is 2.31 bits per heavy atom. The van der Waals surface area contributed by atoms with Crippen LogP contribution in [-0.2, 0) is 6.61 Å². The van der Waals surface area contributed by atoms with Crippen LogP contribution in [0.2, 0.25) is 0 Å². The molecule has 1 aromatic carbocycles. The number of rotatable bonds is 1. The van der Waals surface area contributed by atoms with Gasteiger partial charge in [0.1, 0.15) is 12.1 Å². The molecule has 4 nitrogen and oxygen atoms in total. The van der Waals surface area contributed by atoms with E-state index in [1.807, 2.05) is 18.2 Å². The maximum atomic E-state index is 8.93. The van der Waals surface area contributed by atoms with Crippen molar-refractivity contribution in [3.63, 3.8) is 0 Å². The van der Waals surface area contributed by atoms with Gasteiger partial charge in [-0.25, -0.2) is 9.66 Å². The van der Waals surface area contributed by atoms with Crippen LogP contribution in [0.3, 0.4) is 0 Å². The monoisotopic (exact) mass is 241 g/mol. The Bertz CT molecular complexity index is 452. The Hall–Kier alpha value is -1.07. The van der Waals surface area contributed by atoms with Gasteiger partial charge in [-0.15, -0.1) is 0 Å². The molecule has 3 N–H and O–H groups in total. The molecule has 0 unspecified atom stereocenters. The fraction of sp³-hybridized carbons (Fsp3) is 0.125. The van der Waals surface area contributed by atoms with Crippen molar-refractivity contribution >= 4 is 27.0 Å². The number of nitrogens with two attached hydrogens (primary N) is 1. The summed E-state index contributed by atoms with van der Waals surface area (Å²) >= 11 is 3.37. The highest BCUT2D eigenvalue weighted by atomic mass is 79.9. The van der Waals surface area contributed by atoms with E-state index in [4.69, 9.17) is 10.9 Å². The number of aromatic nitrogens is 2. The maximum absolute atomic E-state index is 8.93. The second-order valence-corrected chi connectivity index (χ2v) is 3.52. The number of para-hydroxylation sites is 1. The Balaban J connectivity index is 2.85. The highest BCUT2D eigenvalue weighted by molar-refractivity contribution is 9.10. The van der Waals surface area contributed by atoms with E-state index in [0.717, 1.165) is 15.5 Å². The topological polar surface area (TPSA) is 64.1 Å². The summed E-state index contributed by atoms with van der Waals surface area (Å²) in [7, 11) is 0. The summed E-state index contributed by atoms with van der Waals surface area (Å²) < 4.78 is 2.26. The molecule has 0 saturated heterocycles. The third kappa shape index (κ3) is 1.20. The molecule has 2 aromatic rings. The molecular formula is C8H8BrN3O. The molecule has 5 heteroatoms. The minimum absolute atomic E-state index is 0.155. The SMILES string of the molecule is Nn1c(CO)nc2cccc(Br)c21. The number of aliphatic hydroxyl groups is 1. The summed E-state index contributed by atoms with van der Waals surface area (Å²) in [6, 6.07) is 5.61. The van der Waals surface area contributed by atoms with Crippen LogP contribution in [0, 0.1) is 0 Å². The van der Waals surface area contributed by atoms with E-state index in [9.17, 15) is 0 Å². The van der Waals surface area contributed by atoms with E-state index in [0.29, 0.717) is 5.82 Å². The highest BCUT2D eigenvalue weighted by Gasteiger charge is 2.09. The molecule has 0 aliphatic carbocycles. The number of benzene rings is 1. The second-order valence-electron chi connectivity index (χ2n) is 2.66. The van der Waals surface area contributed by atoms with Crippen LogP contribution in [0.15, 0.2) is 22.7 Å². The van der Waals surface area contributed by atoms with Crippen molar-refractivity contribution in [3.05, 3.63) is 28.5 Å². The van der Waals surface area contributed by atoms with Gasteiger partial charge < -0.3 is 10.9 Å². The van der Waals surface area contributed by atoms with Crippen LogP contribution < -0.4 is 5.84 Å². The number of nitrogens with zero attached hydrogens (tertiary/aromatic N) is 2. The highest BCUT2D eigenvalue weighted by Crippen LogP contribution is 2.22. The number of hydrogen-bond acceptors (Lipinski definition) is 3. The van der Waals surface area contributed by atoms with Crippen LogP contribution in [0.25, 0.3) is 11.0 Å². The predicted molar refractivity (Wildman–Crippen MR) is 53.5 cm³/mol. The van der Waals surface area contributed by atoms with Crippen LogP contribution in [0.1, 0.15) is 5.82 Å². The average Bonchev–Trinajstić information content (AvgIpc) is 2.44. The van der Waals surface area contributed by atoms with Gasteiger partial charge in [-0.3, -0.25) is 0 Å². The van der Waals surface area contributed by atoms with E-state index >= 15 is 0 Å². The number of fused-ring (bicyclic) bond motifs is 1. The smallest absolute Gasteiger partial charge is 0.153 e. The molecule has 0 saturated carbocycles. The van der Waals surface area contributed by atoms with Gasteiger partial charge in [0.05, 0.1) is 5.52 Å². The summed E-state index contributed by atoms with van der Waals surface area (Å²) in [6.07, 6.45) is 0. The van der Waals surface area contributed by atoms with E-state index < -0.39 is 0 Å². The molecule has 0 fully saturated rings. The van der Waals surface area contributed by atoms with E-state index in [2.05, 4.69) is 20.9 Å². The zero-order chi connectivity index (χ0) is 9.42. The molecular weight excluding hydrogens is 234 g/mol. The number of imidazole rings is 1. The molecule has 68 valence electrons. The molecule has 0 atom stereocenters. The lowest BCUT2D eigenvalue weighted by molar-refractivity contribution is 0.269. The first-order valence-electron chi connectivity index (χ1n) is 3.76. The largest absolute Gasteiger partial charge is 0.388 e. The second kappa shape index (κ2) is 3.01. The zero-order valence-corrected chi connectivity index (χ0v) is 8.32. The minimum atomic E-state index is -0.155. The lowest BCUT2D eigenvalue weighted by Gasteiger charge is -1.99. The van der Waals surface area contributed by atoms with Crippen molar-refractivity contribution in [2.75, 3.05) is 5.84 Å². The summed E-state index contributed by atoms with van der Waals surface area (Å²) in [6.45, 7) is -0.155. The average molecular weight is 242 g/mol. The lowest BCUT2D eigenvalue weighted by atomic mass is 10.3. The number of halogens is 1. The van der Waals surface area contributed by atoms with Crippen LogP contribution in [-0.4, -0.2) is 14.8 Å². The molecule has 2 rings (SSSR count). The van der Waals surface area contributed by atoms with Gasteiger partial charge in [0.15, 0.2) is 5.82 Å². The van der Waals surface area contributed by atoms with Gasteiger partial charge >= 0.3 is 0 Å². The van der Waals surface area contributed by atoms with Crippen LogP contribution in [0.4, 0.5) is 0 Å². The zero-order valence-electron chi connectivity index (χ0n) is 6.74. The molecule has 0 radical (unpaired) electrons. The van der Waals surface area contributed by atoms with Gasteiger partial charge in [-0.05, 0) is 28.1 Å². The molecule has 0 aliphatic heterocycles. The minimum Gasteiger partial charge on any atom is -0.388 e. The Labute approximate surface area is 83.1 Å². The standard InChI is InChI=1S/C8H8BrN3O/c9-5-2-1-3-6-8(5)12(10)7(4-13)11-6/h1-3,13H,4,10H2. The van der Waals surface area contributed by atoms with Gasteiger partial charge in [0.2, 0.25) is 0 Å². The van der Waals surface area contributed by atoms with Crippen molar-refractivity contribution in [3.8, 4) is 0 Å². The van der Waals surface area contributed by atoms with E-state index in [1.165, 1.54) is 4.68 Å². The number of hydrogen-bond donors (Lipinski definition) is 2. The van der Waals surface area contributed by atoms with Gasteiger partial charge in [-0.2, -0.15) is 0 Å². The number of aliphatic hydroxyl groups excluding tert-OH is 1. The van der Waals surface area contributed by atoms with Crippen LogP contribution >= 0.6 is 15.9 Å². The van der Waals surface area contributed by atoms with Gasteiger partial charge in [-0.1, -0.05) is 6.07 Å². The van der Waals surface area contributed by atoms with Crippen molar-refractivity contribution < 1.29 is 5.11 Å². The van der Waals surface area contributed by atoms with Gasteiger partial charge in [0.25, 0.3) is 0 Å². The Kier molecular flexibility index (Phi) is 1.97. The summed E-state index contributed by atoms with van der Waals surface area (Å²) in [5.41, 5.74) is 1.58. The number of nitrogen functional groups attached to an aromatic ring is 1. The Morgan fingerprint density at radius 1 is 1.54 bits per heavy atom. The molecule has 1 aromatic heterocycles. The summed E-state index contributed by atoms with van der Waals surface area (Å²) in [5.74, 6) is 6.17. The molecule has 1 heterocycles. The maximum Gasteiger partial charge on any atom is 0.153 e. The molecule has 0 amide bonds. The normalized spacial score (nSPS) is 10.9. The lowest BCUT2D eigenvalue weighted by Crippen LogP contribution is -2.12. The van der Waals surface area contributed by atoms with Crippen molar-refractivity contribution in [2.24, 2.45) is 0 Å². The predicted octanol–water partition coefficient (Wildman–Crippen LogP) is 1.00. The Morgan fingerprint density at radius 3 is 2.92 bits per heavy atom. The van der Waals surface area contributed by atoms with Crippen LogP contribution in [0.5, 0.6) is 0 Å². The fourth-order valence-electron chi connectivity index (χ4n) is 1.27. The third-order valence-corrected chi connectivity index (χ3v) is 2.52. The van der Waals surface area contributed by atoms with Crippen molar-refractivity contribution in [2.45, 2.75) is 6.61 Å². The van der Waals surface area contributed by atoms with E-state index in [1.54, 1.807) is 0 Å². The summed E-state index contributed by atoms with van der Waals surface area (Å²) in [5, 5.41) is 8.93. The molecule has 0 bridgehead atoms. The van der Waals surface area contributed by atoms with Crippen molar-refractivity contribution in [1.82, 2.24) is 9.66 Å². The molecule has 13 heavy (non-hydrogen) atoms. The first-order valence-corrected chi connectivity index (χ1v) is 4.55. The third-order valence-electron chi connectivity index (χ3n) is 1.88. The molecule has 0 spiro atoms. The van der Waals surface area contributed by atoms with Crippen molar-refractivity contribution in [1.29, 1.82) is 0 Å². The van der Waals surface area contributed by atoms with Gasteiger partial charge in [0, 0.05) is 4.47 Å². The first kappa shape index (κ1) is 8.52. The summed E-state index contributed by atoms with van der Waals surface area (Å²) in [4.78, 5) is 4.15. The van der Waals surface area contributed by atoms with E-state index in [-0.39, 0.29) is 6.61 Å².